The molecule has 0 spiro atoms. The fourth-order valence-corrected chi connectivity index (χ4v) is 4.65. The lowest BCUT2D eigenvalue weighted by molar-refractivity contribution is 0.457. The Bertz CT molecular complexity index is 607. The third kappa shape index (κ3) is 2.87. The van der Waals surface area contributed by atoms with Crippen LogP contribution in [0.5, 0.6) is 0 Å². The number of rotatable bonds is 6. The van der Waals surface area contributed by atoms with Crippen LogP contribution >= 0.6 is 0 Å². The molecule has 21 heavy (non-hydrogen) atoms. The van der Waals surface area contributed by atoms with Gasteiger partial charge in [-0.2, -0.15) is 0 Å². The Labute approximate surface area is 128 Å². The Balaban J connectivity index is 2.25. The van der Waals surface area contributed by atoms with Gasteiger partial charge in [0.25, 0.3) is 0 Å². The molecule has 0 heterocycles. The first-order chi connectivity index (χ1) is 9.64. The minimum Gasteiger partial charge on any atom is -0.313 e. The zero-order chi connectivity index (χ0) is 15.9. The standard InChI is InChI=1S/C16H26N2O2S/c1-6-17-11-12-9-7-8-10-13(12)21(19,20)18-14-15(2,3)16(14,4)5/h7-10,14,17-18H,6,11H2,1-5H3. The molecule has 118 valence electrons. The van der Waals surface area contributed by atoms with Crippen LogP contribution < -0.4 is 10.0 Å². The van der Waals surface area contributed by atoms with Gasteiger partial charge in [-0.25, -0.2) is 13.1 Å². The molecular formula is C16H26N2O2S. The van der Waals surface area contributed by atoms with Gasteiger partial charge in [-0.1, -0.05) is 52.8 Å². The predicted molar refractivity (Wildman–Crippen MR) is 85.5 cm³/mol. The normalized spacial score (nSPS) is 20.4. The Kier molecular flexibility index (Phi) is 4.21. The third-order valence-electron chi connectivity index (χ3n) is 5.12. The van der Waals surface area contributed by atoms with Crippen molar-refractivity contribution in [1.29, 1.82) is 0 Å². The van der Waals surface area contributed by atoms with Crippen LogP contribution in [0.3, 0.4) is 0 Å². The SMILES string of the molecule is CCNCc1ccccc1S(=O)(=O)NC1C(C)(C)C1(C)C. The second-order valence-corrected chi connectivity index (χ2v) is 8.57. The summed E-state index contributed by atoms with van der Waals surface area (Å²) in [6.45, 7) is 11.8. The Morgan fingerprint density at radius 3 is 2.19 bits per heavy atom. The van der Waals surface area contributed by atoms with Gasteiger partial charge >= 0.3 is 0 Å². The molecule has 4 nitrogen and oxygen atoms in total. The molecule has 0 radical (unpaired) electrons. The van der Waals surface area contributed by atoms with E-state index in [9.17, 15) is 8.42 Å². The van der Waals surface area contributed by atoms with Gasteiger partial charge in [-0.05, 0) is 29.0 Å². The number of benzene rings is 1. The Morgan fingerprint density at radius 1 is 1.10 bits per heavy atom. The summed E-state index contributed by atoms with van der Waals surface area (Å²) >= 11 is 0. The van der Waals surface area contributed by atoms with E-state index in [2.05, 4.69) is 37.7 Å². The number of nitrogens with one attached hydrogen (secondary N) is 2. The highest BCUT2D eigenvalue weighted by Gasteiger charge is 2.66. The molecule has 0 amide bonds. The molecule has 1 aliphatic carbocycles. The van der Waals surface area contributed by atoms with Crippen LogP contribution in [0.25, 0.3) is 0 Å². The zero-order valence-electron chi connectivity index (χ0n) is 13.5. The van der Waals surface area contributed by atoms with E-state index < -0.39 is 10.0 Å². The largest absolute Gasteiger partial charge is 0.313 e. The molecule has 0 atom stereocenters. The zero-order valence-corrected chi connectivity index (χ0v) is 14.3. The maximum atomic E-state index is 12.7. The van der Waals surface area contributed by atoms with Crippen molar-refractivity contribution in [3.63, 3.8) is 0 Å². The molecular weight excluding hydrogens is 284 g/mol. The van der Waals surface area contributed by atoms with Crippen molar-refractivity contribution < 1.29 is 8.42 Å². The first kappa shape index (κ1) is 16.5. The lowest BCUT2D eigenvalue weighted by atomic mass is 10.0. The molecule has 2 N–H and O–H groups in total. The predicted octanol–water partition coefficient (Wildman–Crippen LogP) is 2.51. The van der Waals surface area contributed by atoms with Crippen molar-refractivity contribution in [2.24, 2.45) is 10.8 Å². The molecule has 1 fully saturated rings. The summed E-state index contributed by atoms with van der Waals surface area (Å²) in [7, 11) is -3.49. The fourth-order valence-electron chi connectivity index (χ4n) is 2.88. The highest BCUT2D eigenvalue weighted by atomic mass is 32.2. The smallest absolute Gasteiger partial charge is 0.241 e. The van der Waals surface area contributed by atoms with E-state index in [0.29, 0.717) is 11.4 Å². The quantitative estimate of drug-likeness (QED) is 0.849. The van der Waals surface area contributed by atoms with E-state index in [-0.39, 0.29) is 16.9 Å². The van der Waals surface area contributed by atoms with Crippen molar-refractivity contribution >= 4 is 10.0 Å². The third-order valence-corrected chi connectivity index (χ3v) is 6.64. The average molecular weight is 310 g/mol. The summed E-state index contributed by atoms with van der Waals surface area (Å²) in [5.74, 6) is 0. The number of hydrogen-bond donors (Lipinski definition) is 2. The van der Waals surface area contributed by atoms with Gasteiger partial charge in [0.1, 0.15) is 0 Å². The van der Waals surface area contributed by atoms with Crippen LogP contribution in [-0.2, 0) is 16.6 Å². The molecule has 1 aromatic rings. The van der Waals surface area contributed by atoms with E-state index in [1.165, 1.54) is 0 Å². The molecule has 2 rings (SSSR count). The molecule has 0 bridgehead atoms. The molecule has 1 aromatic carbocycles. The first-order valence-corrected chi connectivity index (χ1v) is 8.94. The lowest BCUT2D eigenvalue weighted by Crippen LogP contribution is -2.31. The summed E-state index contributed by atoms with van der Waals surface area (Å²) in [6, 6.07) is 7.16. The summed E-state index contributed by atoms with van der Waals surface area (Å²) in [5.41, 5.74) is 0.774. The topological polar surface area (TPSA) is 58.2 Å². The maximum Gasteiger partial charge on any atom is 0.241 e. The first-order valence-electron chi connectivity index (χ1n) is 7.45. The van der Waals surface area contributed by atoms with Gasteiger partial charge in [0, 0.05) is 12.6 Å². The molecule has 0 aromatic heterocycles. The van der Waals surface area contributed by atoms with E-state index in [1.54, 1.807) is 12.1 Å². The van der Waals surface area contributed by atoms with Crippen LogP contribution in [0.4, 0.5) is 0 Å². The van der Waals surface area contributed by atoms with Crippen LogP contribution in [0.2, 0.25) is 0 Å². The highest BCUT2D eigenvalue weighted by molar-refractivity contribution is 7.89. The summed E-state index contributed by atoms with van der Waals surface area (Å²) in [4.78, 5) is 0.379. The number of hydrogen-bond acceptors (Lipinski definition) is 3. The summed E-state index contributed by atoms with van der Waals surface area (Å²) in [6.07, 6.45) is 0. The average Bonchev–Trinajstić information content (AvgIpc) is 2.78. The molecule has 0 saturated heterocycles. The second kappa shape index (κ2) is 5.38. The van der Waals surface area contributed by atoms with E-state index in [4.69, 9.17) is 0 Å². The molecule has 1 aliphatic rings. The summed E-state index contributed by atoms with van der Waals surface area (Å²) in [5, 5.41) is 3.19. The van der Waals surface area contributed by atoms with Gasteiger partial charge in [0.15, 0.2) is 0 Å². The van der Waals surface area contributed by atoms with Crippen molar-refractivity contribution in [3.8, 4) is 0 Å². The molecule has 0 aliphatic heterocycles. The molecule has 0 unspecified atom stereocenters. The Hall–Kier alpha value is -0.910. The summed E-state index contributed by atoms with van der Waals surface area (Å²) < 4.78 is 28.3. The minimum atomic E-state index is -3.49. The Morgan fingerprint density at radius 2 is 1.67 bits per heavy atom. The molecule has 1 saturated carbocycles. The van der Waals surface area contributed by atoms with Crippen molar-refractivity contribution in [3.05, 3.63) is 29.8 Å². The van der Waals surface area contributed by atoms with E-state index >= 15 is 0 Å². The maximum absolute atomic E-state index is 12.7. The van der Waals surface area contributed by atoms with Gasteiger partial charge in [0.05, 0.1) is 4.90 Å². The van der Waals surface area contributed by atoms with Gasteiger partial charge in [-0.3, -0.25) is 0 Å². The van der Waals surface area contributed by atoms with Crippen LogP contribution in [-0.4, -0.2) is 21.0 Å². The van der Waals surface area contributed by atoms with Crippen LogP contribution in [0, 0.1) is 10.8 Å². The van der Waals surface area contributed by atoms with Gasteiger partial charge < -0.3 is 5.32 Å². The number of sulfonamides is 1. The second-order valence-electron chi connectivity index (χ2n) is 6.89. The van der Waals surface area contributed by atoms with Crippen LogP contribution in [0.1, 0.15) is 40.2 Å². The highest BCUT2D eigenvalue weighted by Crippen LogP contribution is 2.62. The van der Waals surface area contributed by atoms with E-state index in [1.807, 2.05) is 19.1 Å². The molecule has 5 heteroatoms. The van der Waals surface area contributed by atoms with Gasteiger partial charge in [-0.15, -0.1) is 0 Å². The van der Waals surface area contributed by atoms with Crippen molar-refractivity contribution in [2.75, 3.05) is 6.54 Å². The van der Waals surface area contributed by atoms with Crippen LogP contribution in [0.15, 0.2) is 29.2 Å². The monoisotopic (exact) mass is 310 g/mol. The fraction of sp³-hybridized carbons (Fsp3) is 0.625. The lowest BCUT2D eigenvalue weighted by Gasteiger charge is -2.13. The minimum absolute atomic E-state index is 0.0172. The van der Waals surface area contributed by atoms with Gasteiger partial charge in [0.2, 0.25) is 10.0 Å². The van der Waals surface area contributed by atoms with E-state index in [0.717, 1.165) is 12.1 Å². The van der Waals surface area contributed by atoms with Crippen molar-refractivity contribution in [1.82, 2.24) is 10.0 Å². The van der Waals surface area contributed by atoms with Crippen molar-refractivity contribution in [2.45, 2.75) is 52.1 Å².